The molecule has 0 radical (unpaired) electrons. The number of fused-ring (bicyclic) bond motifs is 2. The van der Waals surface area contributed by atoms with E-state index in [-0.39, 0.29) is 11.4 Å². The third-order valence-electron chi connectivity index (χ3n) is 5.24. The minimum atomic E-state index is -0.730. The summed E-state index contributed by atoms with van der Waals surface area (Å²) in [6.45, 7) is 0.416. The molecule has 0 aromatic heterocycles. The zero-order valence-corrected chi connectivity index (χ0v) is 18.7. The topological polar surface area (TPSA) is 101 Å². The molecular formula is C25H15BrN4O3. The highest BCUT2D eigenvalue weighted by atomic mass is 79.9. The number of H-pyrrole nitrogens is 1. The molecule has 0 saturated heterocycles. The largest absolute Gasteiger partial charge is 0.489 e. The molecule has 0 spiro atoms. The molecule has 7 nitrogen and oxygen atoms in total. The van der Waals surface area contributed by atoms with Gasteiger partial charge in [0.25, 0.3) is 5.56 Å². The molecule has 2 aliphatic heterocycles. The fraction of sp³-hybridized carbons (Fsp3) is 0.0400. The Labute approximate surface area is 196 Å². The Kier molecular flexibility index (Phi) is 5.24. The van der Waals surface area contributed by atoms with Gasteiger partial charge in [0.15, 0.2) is 5.82 Å². The average Bonchev–Trinajstić information content (AvgIpc) is 2.82. The second kappa shape index (κ2) is 8.37. The lowest BCUT2D eigenvalue weighted by Crippen LogP contribution is -2.27. The van der Waals surface area contributed by atoms with Crippen LogP contribution >= 0.6 is 15.9 Å². The van der Waals surface area contributed by atoms with E-state index in [9.17, 15) is 14.9 Å². The maximum absolute atomic E-state index is 12.5. The Hall–Kier alpha value is -4.22. The Bertz CT molecular complexity index is 1610. The molecule has 3 aromatic carbocycles. The lowest BCUT2D eigenvalue weighted by atomic mass is 10.1. The van der Waals surface area contributed by atoms with Gasteiger partial charge in [-0.05, 0) is 65.5 Å². The molecule has 0 atom stereocenters. The van der Waals surface area contributed by atoms with Gasteiger partial charge in [-0.25, -0.2) is 4.79 Å². The predicted molar refractivity (Wildman–Crippen MR) is 128 cm³/mol. The normalized spacial score (nSPS) is 10.9. The first-order valence-electron chi connectivity index (χ1n) is 9.99. The van der Waals surface area contributed by atoms with E-state index in [2.05, 4.69) is 32.0 Å². The monoisotopic (exact) mass is 498 g/mol. The van der Waals surface area contributed by atoms with Crippen molar-refractivity contribution in [1.82, 2.24) is 14.5 Å². The van der Waals surface area contributed by atoms with Gasteiger partial charge in [0.1, 0.15) is 12.4 Å². The van der Waals surface area contributed by atoms with Crippen molar-refractivity contribution in [2.45, 2.75) is 6.61 Å². The summed E-state index contributed by atoms with van der Waals surface area (Å²) in [7, 11) is 0. The van der Waals surface area contributed by atoms with Gasteiger partial charge >= 0.3 is 5.69 Å². The van der Waals surface area contributed by atoms with Crippen molar-refractivity contribution in [3.05, 3.63) is 109 Å². The lowest BCUT2D eigenvalue weighted by Gasteiger charge is -2.18. The first-order valence-corrected chi connectivity index (χ1v) is 10.8. The lowest BCUT2D eigenvalue weighted by molar-refractivity contribution is 0.306. The average molecular weight is 499 g/mol. The Morgan fingerprint density at radius 3 is 2.48 bits per heavy atom. The molecule has 0 amide bonds. The van der Waals surface area contributed by atoms with E-state index < -0.39 is 11.2 Å². The number of pyridine rings is 1. The molecule has 160 valence electrons. The van der Waals surface area contributed by atoms with Crippen molar-refractivity contribution in [2.75, 3.05) is 0 Å². The van der Waals surface area contributed by atoms with Crippen molar-refractivity contribution in [3.8, 4) is 28.9 Å². The van der Waals surface area contributed by atoms with Crippen LogP contribution in [0, 0.1) is 11.3 Å². The van der Waals surface area contributed by atoms with Crippen molar-refractivity contribution in [1.29, 1.82) is 5.26 Å². The van der Waals surface area contributed by atoms with Crippen molar-refractivity contribution in [2.24, 2.45) is 0 Å². The van der Waals surface area contributed by atoms with Gasteiger partial charge in [-0.1, -0.05) is 34.1 Å². The zero-order valence-electron chi connectivity index (χ0n) is 17.1. The maximum atomic E-state index is 12.5. The molecule has 0 saturated carbocycles. The highest BCUT2D eigenvalue weighted by Gasteiger charge is 2.18. The Morgan fingerprint density at radius 2 is 1.76 bits per heavy atom. The molecule has 2 aliphatic rings. The van der Waals surface area contributed by atoms with Crippen molar-refractivity contribution < 1.29 is 4.74 Å². The molecule has 1 N–H and O–H groups in total. The summed E-state index contributed by atoms with van der Waals surface area (Å²) < 4.78 is 8.60. The van der Waals surface area contributed by atoms with E-state index in [1.807, 2.05) is 48.5 Å². The van der Waals surface area contributed by atoms with Crippen LogP contribution in [0.15, 0.2) is 86.9 Å². The fourth-order valence-electron chi connectivity index (χ4n) is 3.65. The number of nitrogens with one attached hydrogen (secondary N) is 1. The minimum absolute atomic E-state index is 0.217. The van der Waals surface area contributed by atoms with Gasteiger partial charge in [-0.15, -0.1) is 0 Å². The van der Waals surface area contributed by atoms with Crippen LogP contribution in [-0.2, 0) is 6.61 Å². The number of aromatic amines is 1. The van der Waals surface area contributed by atoms with Crippen LogP contribution in [0.1, 0.15) is 11.1 Å². The summed E-state index contributed by atoms with van der Waals surface area (Å²) in [5.41, 5.74) is 1.86. The van der Waals surface area contributed by atoms with Crippen LogP contribution in [-0.4, -0.2) is 14.5 Å². The van der Waals surface area contributed by atoms with E-state index in [4.69, 9.17) is 4.74 Å². The highest BCUT2D eigenvalue weighted by molar-refractivity contribution is 9.10. The smallest absolute Gasteiger partial charge is 0.349 e. The van der Waals surface area contributed by atoms with Crippen LogP contribution in [0.5, 0.6) is 5.75 Å². The number of halogens is 1. The molecule has 3 aromatic rings. The second-order valence-corrected chi connectivity index (χ2v) is 8.30. The van der Waals surface area contributed by atoms with E-state index in [0.717, 1.165) is 15.4 Å². The number of nitrogens with zero attached hydrogens (tertiary/aromatic N) is 3. The van der Waals surface area contributed by atoms with Crippen LogP contribution < -0.4 is 16.0 Å². The number of rotatable bonds is 4. The molecule has 0 unspecified atom stereocenters. The van der Waals surface area contributed by atoms with Crippen molar-refractivity contribution in [3.63, 3.8) is 0 Å². The number of benzene rings is 3. The number of aromatic nitrogens is 3. The first kappa shape index (κ1) is 20.7. The fourth-order valence-corrected chi connectivity index (χ4v) is 3.91. The summed E-state index contributed by atoms with van der Waals surface area (Å²) in [5.74, 6) is 0.884. The third kappa shape index (κ3) is 4.02. The minimum Gasteiger partial charge on any atom is -0.489 e. The number of hydrogen-bond donors (Lipinski definition) is 1. The summed E-state index contributed by atoms with van der Waals surface area (Å²) in [5, 5.41) is 10.1. The summed E-state index contributed by atoms with van der Waals surface area (Å²) in [4.78, 5) is 30.7. The summed E-state index contributed by atoms with van der Waals surface area (Å²) in [6.07, 6.45) is 0. The van der Waals surface area contributed by atoms with E-state index >= 15 is 0 Å². The second-order valence-electron chi connectivity index (χ2n) is 7.38. The van der Waals surface area contributed by atoms with Crippen LogP contribution in [0.4, 0.5) is 0 Å². The zero-order chi connectivity index (χ0) is 22.9. The summed E-state index contributed by atoms with van der Waals surface area (Å²) >= 11 is 3.42. The highest BCUT2D eigenvalue weighted by Crippen LogP contribution is 2.29. The molecule has 8 heteroatoms. The quantitative estimate of drug-likeness (QED) is 0.370. The standard InChI is InChI=1S/C25H15BrN4O3/c26-18-5-2-15(3-6-18)14-33-20-9-7-19(8-10-20)30-22-11-16(13-27)1-4-17(22)12-21-23(30)28-25(32)29-24(21)31/h1-12H,14H2,(H,29,31,32). The molecule has 0 fully saturated rings. The molecule has 0 aliphatic carbocycles. The number of hydrogen-bond acceptors (Lipinski definition) is 5. The molecular weight excluding hydrogens is 484 g/mol. The summed E-state index contributed by atoms with van der Waals surface area (Å²) in [6, 6.07) is 24.1. The van der Waals surface area contributed by atoms with Gasteiger partial charge in [0.05, 0.1) is 22.7 Å². The predicted octanol–water partition coefficient (Wildman–Crippen LogP) is 4.39. The third-order valence-corrected chi connectivity index (χ3v) is 5.77. The van der Waals surface area contributed by atoms with E-state index in [1.54, 1.807) is 28.8 Å². The van der Waals surface area contributed by atoms with Gasteiger partial charge in [0.2, 0.25) is 0 Å². The van der Waals surface area contributed by atoms with Gasteiger partial charge in [0, 0.05) is 10.2 Å². The molecule has 0 bridgehead atoms. The van der Waals surface area contributed by atoms with Crippen LogP contribution in [0.25, 0.3) is 28.0 Å². The van der Waals surface area contributed by atoms with Gasteiger partial charge in [-0.3, -0.25) is 14.3 Å². The Balaban J connectivity index is 1.60. The Morgan fingerprint density at radius 1 is 1.00 bits per heavy atom. The van der Waals surface area contributed by atoms with E-state index in [0.29, 0.717) is 29.1 Å². The van der Waals surface area contributed by atoms with Crippen LogP contribution in [0.3, 0.4) is 0 Å². The number of nitriles is 1. The molecule has 5 rings (SSSR count). The van der Waals surface area contributed by atoms with Gasteiger partial charge < -0.3 is 4.74 Å². The number of ether oxygens (including phenoxy) is 1. The SMILES string of the molecule is N#Cc1ccc2cc3c(=O)[nH]c(=O)nc-3n(-c3ccc(OCc4ccc(Br)cc4)cc3)c2c1. The molecule has 33 heavy (non-hydrogen) atoms. The van der Waals surface area contributed by atoms with Crippen LogP contribution in [0.2, 0.25) is 0 Å². The van der Waals surface area contributed by atoms with E-state index in [1.165, 1.54) is 0 Å². The van der Waals surface area contributed by atoms with Crippen molar-refractivity contribution >= 4 is 26.8 Å². The van der Waals surface area contributed by atoms with Gasteiger partial charge in [-0.2, -0.15) is 10.2 Å². The maximum Gasteiger partial charge on any atom is 0.349 e. The molecule has 2 heterocycles. The first-order chi connectivity index (χ1) is 16.0.